The second-order valence-corrected chi connectivity index (χ2v) is 9.63. The maximum atomic E-state index is 16.1. The van der Waals surface area contributed by atoms with Crippen LogP contribution in [0.15, 0.2) is 97.1 Å². The molecular formula is C30H25FINO2. The minimum atomic E-state index is -0.244. The number of benzene rings is 4. The first kappa shape index (κ1) is 23.6. The Morgan fingerprint density at radius 1 is 0.800 bits per heavy atom. The van der Waals surface area contributed by atoms with Gasteiger partial charge in [-0.3, -0.25) is 0 Å². The summed E-state index contributed by atoms with van der Waals surface area (Å²) in [6.45, 7) is 1.08. The first-order chi connectivity index (χ1) is 17.1. The van der Waals surface area contributed by atoms with Gasteiger partial charge in [0.25, 0.3) is 0 Å². The number of rotatable bonds is 8. The zero-order chi connectivity index (χ0) is 24.2. The standard InChI is InChI=1S/C30H25FINO2/c31-29-26-18-24(35-20-23-6-2-1-3-7-23)14-15-28(26)33(30(29)25-8-4-5-9-27(25)32)19-22-12-10-21(11-13-22)16-17-34/h1-15,18,34H,16-17,19-20H2. The molecule has 0 bridgehead atoms. The molecule has 0 saturated carbocycles. The molecule has 0 radical (unpaired) electrons. The van der Waals surface area contributed by atoms with Crippen LogP contribution in [0, 0.1) is 9.39 Å². The third-order valence-electron chi connectivity index (χ3n) is 6.11. The molecule has 0 spiro atoms. The molecule has 0 atom stereocenters. The molecule has 1 heterocycles. The zero-order valence-corrected chi connectivity index (χ0v) is 21.3. The van der Waals surface area contributed by atoms with Crippen LogP contribution in [0.4, 0.5) is 4.39 Å². The number of aliphatic hydroxyl groups is 1. The lowest BCUT2D eigenvalue weighted by atomic mass is 10.1. The van der Waals surface area contributed by atoms with Gasteiger partial charge in [-0.1, -0.05) is 72.8 Å². The van der Waals surface area contributed by atoms with Gasteiger partial charge < -0.3 is 14.4 Å². The van der Waals surface area contributed by atoms with Crippen molar-refractivity contribution in [2.75, 3.05) is 6.61 Å². The van der Waals surface area contributed by atoms with Crippen LogP contribution in [0.2, 0.25) is 0 Å². The van der Waals surface area contributed by atoms with E-state index < -0.39 is 0 Å². The van der Waals surface area contributed by atoms with Crippen molar-refractivity contribution in [2.24, 2.45) is 0 Å². The highest BCUT2D eigenvalue weighted by Gasteiger charge is 2.21. The number of fused-ring (bicyclic) bond motifs is 1. The molecule has 5 heteroatoms. The normalized spacial score (nSPS) is 11.2. The van der Waals surface area contributed by atoms with Crippen LogP contribution in [-0.2, 0) is 19.6 Å². The topological polar surface area (TPSA) is 34.4 Å². The molecule has 5 rings (SSSR count). The van der Waals surface area contributed by atoms with Gasteiger partial charge in [-0.25, -0.2) is 4.39 Å². The van der Waals surface area contributed by atoms with Crippen molar-refractivity contribution in [3.05, 3.63) is 123 Å². The summed E-state index contributed by atoms with van der Waals surface area (Å²) in [6.07, 6.45) is 0.626. The lowest BCUT2D eigenvalue weighted by Gasteiger charge is -2.13. The largest absolute Gasteiger partial charge is 0.489 e. The molecule has 176 valence electrons. The average molecular weight is 577 g/mol. The second-order valence-electron chi connectivity index (χ2n) is 8.47. The fourth-order valence-corrected chi connectivity index (χ4v) is 4.97. The molecule has 0 aliphatic rings. The summed E-state index contributed by atoms with van der Waals surface area (Å²) >= 11 is 2.26. The van der Waals surface area contributed by atoms with E-state index in [1.807, 2.05) is 95.6 Å². The van der Waals surface area contributed by atoms with Gasteiger partial charge in [0, 0.05) is 27.7 Å². The van der Waals surface area contributed by atoms with Gasteiger partial charge in [-0.2, -0.15) is 0 Å². The highest BCUT2D eigenvalue weighted by molar-refractivity contribution is 14.1. The van der Waals surface area contributed by atoms with Crippen LogP contribution < -0.4 is 4.74 Å². The second kappa shape index (κ2) is 10.6. The van der Waals surface area contributed by atoms with Crippen LogP contribution in [0.3, 0.4) is 0 Å². The van der Waals surface area contributed by atoms with Gasteiger partial charge >= 0.3 is 0 Å². The number of hydrogen-bond donors (Lipinski definition) is 1. The van der Waals surface area contributed by atoms with E-state index in [0.717, 1.165) is 31.3 Å². The molecule has 0 unspecified atom stereocenters. The van der Waals surface area contributed by atoms with Crippen LogP contribution in [-0.4, -0.2) is 16.3 Å². The van der Waals surface area contributed by atoms with E-state index in [1.165, 1.54) is 0 Å². The summed E-state index contributed by atoms with van der Waals surface area (Å²) in [7, 11) is 0. The number of halogens is 2. The van der Waals surface area contributed by atoms with E-state index in [2.05, 4.69) is 22.6 Å². The van der Waals surface area contributed by atoms with Crippen LogP contribution >= 0.6 is 22.6 Å². The maximum absolute atomic E-state index is 16.1. The minimum Gasteiger partial charge on any atom is -0.489 e. The van der Waals surface area contributed by atoms with Crippen molar-refractivity contribution < 1.29 is 14.2 Å². The van der Waals surface area contributed by atoms with Crippen molar-refractivity contribution in [1.82, 2.24) is 4.57 Å². The molecular weight excluding hydrogens is 552 g/mol. The first-order valence-corrected chi connectivity index (χ1v) is 12.6. The average Bonchev–Trinajstić information content (AvgIpc) is 3.15. The van der Waals surface area contributed by atoms with Gasteiger partial charge in [0.2, 0.25) is 0 Å². The highest BCUT2D eigenvalue weighted by Crippen LogP contribution is 2.37. The highest BCUT2D eigenvalue weighted by atomic mass is 127. The maximum Gasteiger partial charge on any atom is 0.156 e. The Labute approximate surface area is 217 Å². The molecule has 0 amide bonds. The van der Waals surface area contributed by atoms with E-state index in [9.17, 15) is 5.11 Å². The third-order valence-corrected chi connectivity index (χ3v) is 7.06. The summed E-state index contributed by atoms with van der Waals surface area (Å²) in [5, 5.41) is 9.75. The van der Waals surface area contributed by atoms with E-state index in [-0.39, 0.29) is 12.4 Å². The van der Waals surface area contributed by atoms with Gasteiger partial charge in [0.15, 0.2) is 5.82 Å². The van der Waals surface area contributed by atoms with E-state index >= 15 is 4.39 Å². The van der Waals surface area contributed by atoms with Gasteiger partial charge in [0.05, 0.1) is 11.2 Å². The number of hydrogen-bond acceptors (Lipinski definition) is 2. The molecule has 0 fully saturated rings. The predicted molar refractivity (Wildman–Crippen MR) is 147 cm³/mol. The Bertz CT molecular complexity index is 1450. The van der Waals surface area contributed by atoms with Crippen molar-refractivity contribution in [1.29, 1.82) is 0 Å². The Morgan fingerprint density at radius 2 is 1.51 bits per heavy atom. The van der Waals surface area contributed by atoms with Crippen molar-refractivity contribution in [3.8, 4) is 17.0 Å². The summed E-state index contributed by atoms with van der Waals surface area (Å²) in [5.41, 5.74) is 5.48. The van der Waals surface area contributed by atoms with E-state index in [0.29, 0.717) is 36.4 Å². The van der Waals surface area contributed by atoms with E-state index in [1.54, 1.807) is 6.07 Å². The molecule has 35 heavy (non-hydrogen) atoms. The molecule has 5 aromatic rings. The summed E-state index contributed by atoms with van der Waals surface area (Å²) in [6, 6.07) is 31.6. The van der Waals surface area contributed by atoms with Crippen molar-refractivity contribution >= 4 is 33.5 Å². The smallest absolute Gasteiger partial charge is 0.156 e. The Balaban J connectivity index is 1.56. The van der Waals surface area contributed by atoms with Crippen molar-refractivity contribution in [3.63, 3.8) is 0 Å². The van der Waals surface area contributed by atoms with Crippen LogP contribution in [0.5, 0.6) is 5.75 Å². The molecule has 4 aromatic carbocycles. The summed E-state index contributed by atoms with van der Waals surface area (Å²) in [4.78, 5) is 0. The zero-order valence-electron chi connectivity index (χ0n) is 19.1. The van der Waals surface area contributed by atoms with Crippen LogP contribution in [0.1, 0.15) is 16.7 Å². The first-order valence-electron chi connectivity index (χ1n) is 11.6. The minimum absolute atomic E-state index is 0.123. The molecule has 1 aromatic heterocycles. The fraction of sp³-hybridized carbons (Fsp3) is 0.133. The molecule has 0 saturated heterocycles. The number of aliphatic hydroxyl groups excluding tert-OH is 1. The van der Waals surface area contributed by atoms with Gasteiger partial charge in [-0.15, -0.1) is 0 Å². The quantitative estimate of drug-likeness (QED) is 0.198. The lowest BCUT2D eigenvalue weighted by molar-refractivity contribution is 0.299. The molecule has 0 aliphatic heterocycles. The fourth-order valence-electron chi connectivity index (χ4n) is 4.33. The number of ether oxygens (including phenoxy) is 1. The van der Waals surface area contributed by atoms with Gasteiger partial charge in [-0.05, 0) is 70.0 Å². The summed E-state index contributed by atoms with van der Waals surface area (Å²) < 4.78 is 25.1. The molecule has 1 N–H and O–H groups in total. The molecule has 0 aliphatic carbocycles. The number of nitrogens with zero attached hydrogens (tertiary/aromatic N) is 1. The third kappa shape index (κ3) is 5.11. The lowest BCUT2D eigenvalue weighted by Crippen LogP contribution is -2.03. The van der Waals surface area contributed by atoms with Crippen molar-refractivity contribution in [2.45, 2.75) is 19.6 Å². The van der Waals surface area contributed by atoms with Gasteiger partial charge in [0.1, 0.15) is 12.4 Å². The Hall–Kier alpha value is -3.16. The predicted octanol–water partition coefficient (Wildman–Crippen LogP) is 7.21. The number of aromatic nitrogens is 1. The van der Waals surface area contributed by atoms with E-state index in [4.69, 9.17) is 4.74 Å². The molecule has 3 nitrogen and oxygen atoms in total. The monoisotopic (exact) mass is 577 g/mol. The van der Waals surface area contributed by atoms with Crippen LogP contribution in [0.25, 0.3) is 22.2 Å². The SMILES string of the molecule is OCCc1ccc(Cn2c(-c3ccccc3I)c(F)c3cc(OCc4ccccc4)ccc32)cc1. The Kier molecular flexibility index (Phi) is 7.16. The summed E-state index contributed by atoms with van der Waals surface area (Å²) in [5.74, 6) is 0.395. The Morgan fingerprint density at radius 3 is 2.26 bits per heavy atom.